The highest BCUT2D eigenvalue weighted by Gasteiger charge is 2.53. The van der Waals surface area contributed by atoms with Crippen LogP contribution in [0.2, 0.25) is 0 Å². The van der Waals surface area contributed by atoms with Gasteiger partial charge in [0.1, 0.15) is 5.75 Å². The molecule has 0 aliphatic carbocycles. The molecular weight excluding hydrogens is 392 g/mol. The molecule has 0 amide bonds. The zero-order valence-electron chi connectivity index (χ0n) is 20.6. The Hall–Kier alpha value is -2.04. The van der Waals surface area contributed by atoms with Crippen LogP contribution in [0.3, 0.4) is 0 Å². The van der Waals surface area contributed by atoms with E-state index in [0.29, 0.717) is 24.0 Å². The zero-order valence-corrected chi connectivity index (χ0v) is 20.6. The second kappa shape index (κ2) is 10.1. The van der Waals surface area contributed by atoms with E-state index in [4.69, 9.17) is 0 Å². The second-order valence-corrected chi connectivity index (χ2v) is 11.1. The van der Waals surface area contributed by atoms with E-state index in [1.54, 1.807) is 12.1 Å². The number of carboxylic acids is 2. The lowest BCUT2D eigenvalue weighted by Gasteiger charge is -2.37. The quantitative estimate of drug-likeness (QED) is 0.361. The molecule has 0 bridgehead atoms. The van der Waals surface area contributed by atoms with Crippen molar-refractivity contribution in [2.45, 2.75) is 98.8 Å². The molecule has 1 aromatic carbocycles. The first-order valence-electron chi connectivity index (χ1n) is 11.4. The van der Waals surface area contributed by atoms with Gasteiger partial charge in [-0.3, -0.25) is 9.59 Å². The summed E-state index contributed by atoms with van der Waals surface area (Å²) in [7, 11) is 0. The molecule has 0 saturated carbocycles. The molecule has 1 rings (SSSR count). The van der Waals surface area contributed by atoms with Crippen LogP contribution in [-0.2, 0) is 15.0 Å². The van der Waals surface area contributed by atoms with Gasteiger partial charge in [0, 0.05) is 5.92 Å². The number of rotatable bonds is 10. The Bertz CT molecular complexity index is 753. The minimum Gasteiger partial charge on any atom is -0.508 e. The Labute approximate surface area is 187 Å². The first kappa shape index (κ1) is 27.0. The van der Waals surface area contributed by atoms with Gasteiger partial charge < -0.3 is 15.3 Å². The third-order valence-corrected chi connectivity index (χ3v) is 6.89. The molecule has 0 radical (unpaired) electrons. The number of unbranched alkanes of at least 4 members (excludes halogenated alkanes) is 1. The number of carboxylic acid groups (broad SMARTS) is 2. The molecule has 176 valence electrons. The second-order valence-electron chi connectivity index (χ2n) is 11.1. The van der Waals surface area contributed by atoms with Gasteiger partial charge in [-0.25, -0.2) is 0 Å². The highest BCUT2D eigenvalue weighted by molar-refractivity contribution is 5.99. The molecular formula is C26H42O5. The summed E-state index contributed by atoms with van der Waals surface area (Å²) in [6, 6.07) is 5.07. The van der Waals surface area contributed by atoms with Crippen molar-refractivity contribution in [2.75, 3.05) is 0 Å². The molecule has 2 unspecified atom stereocenters. The van der Waals surface area contributed by atoms with Crippen molar-refractivity contribution in [3.63, 3.8) is 0 Å². The summed E-state index contributed by atoms with van der Waals surface area (Å²) in [5.74, 6) is -2.94. The Morgan fingerprint density at radius 1 is 0.968 bits per heavy atom. The number of hydrogen-bond acceptors (Lipinski definition) is 3. The Morgan fingerprint density at radius 2 is 1.52 bits per heavy atom. The van der Waals surface area contributed by atoms with Crippen molar-refractivity contribution in [3.05, 3.63) is 29.3 Å². The van der Waals surface area contributed by atoms with Crippen LogP contribution in [0.15, 0.2) is 18.2 Å². The van der Waals surface area contributed by atoms with Crippen LogP contribution in [0.4, 0.5) is 0 Å². The molecule has 5 heteroatoms. The van der Waals surface area contributed by atoms with Crippen LogP contribution < -0.4 is 0 Å². The van der Waals surface area contributed by atoms with Gasteiger partial charge in [0.15, 0.2) is 5.41 Å². The summed E-state index contributed by atoms with van der Waals surface area (Å²) in [6.07, 6.45) is 2.61. The summed E-state index contributed by atoms with van der Waals surface area (Å²) in [4.78, 5) is 25.2. The molecule has 0 spiro atoms. The predicted molar refractivity (Wildman–Crippen MR) is 125 cm³/mol. The Balaban J connectivity index is 3.63. The number of hydrogen-bond donors (Lipinski definition) is 3. The van der Waals surface area contributed by atoms with Crippen molar-refractivity contribution < 1.29 is 24.9 Å². The summed E-state index contributed by atoms with van der Waals surface area (Å²) in [5, 5.41) is 31.0. The fourth-order valence-electron chi connectivity index (χ4n) is 4.13. The molecule has 0 saturated heterocycles. The van der Waals surface area contributed by atoms with E-state index in [1.165, 1.54) is 0 Å². The summed E-state index contributed by atoms with van der Waals surface area (Å²) >= 11 is 0. The van der Waals surface area contributed by atoms with E-state index >= 15 is 0 Å². The average Bonchev–Trinajstić information content (AvgIpc) is 2.62. The van der Waals surface area contributed by atoms with Crippen LogP contribution in [-0.4, -0.2) is 27.3 Å². The van der Waals surface area contributed by atoms with Crippen molar-refractivity contribution >= 4 is 11.9 Å². The smallest absolute Gasteiger partial charge is 0.321 e. The van der Waals surface area contributed by atoms with Gasteiger partial charge in [-0.05, 0) is 53.2 Å². The third kappa shape index (κ3) is 6.24. The van der Waals surface area contributed by atoms with Crippen LogP contribution >= 0.6 is 0 Å². The largest absolute Gasteiger partial charge is 0.508 e. The van der Waals surface area contributed by atoms with E-state index in [1.807, 2.05) is 40.7 Å². The standard InChI is InChI=1S/C26H42O5/c1-9-10-11-19(18-12-13-21(27)20(16-18)25(6,7)8)26(22(28)29,23(30)31)15-14-17(2)24(3,4)5/h12-13,16-17,19,27H,9-11,14-15H2,1-8H3,(H,28,29)(H,30,31). The van der Waals surface area contributed by atoms with Crippen molar-refractivity contribution in [3.8, 4) is 5.75 Å². The Morgan fingerprint density at radius 3 is 1.94 bits per heavy atom. The lowest BCUT2D eigenvalue weighted by molar-refractivity contribution is -0.168. The fourth-order valence-corrected chi connectivity index (χ4v) is 4.13. The van der Waals surface area contributed by atoms with Crippen LogP contribution in [0.5, 0.6) is 5.75 Å². The fraction of sp³-hybridized carbons (Fsp3) is 0.692. The van der Waals surface area contributed by atoms with Gasteiger partial charge in [0.2, 0.25) is 0 Å². The molecule has 0 aromatic heterocycles. The van der Waals surface area contributed by atoms with Crippen LogP contribution in [0.25, 0.3) is 0 Å². The van der Waals surface area contributed by atoms with E-state index < -0.39 is 23.3 Å². The van der Waals surface area contributed by atoms with E-state index in [9.17, 15) is 24.9 Å². The van der Waals surface area contributed by atoms with Gasteiger partial charge in [0.05, 0.1) is 0 Å². The van der Waals surface area contributed by atoms with Gasteiger partial charge in [-0.2, -0.15) is 0 Å². The van der Waals surface area contributed by atoms with Gasteiger partial charge in [-0.1, -0.05) is 80.4 Å². The molecule has 1 aromatic rings. The van der Waals surface area contributed by atoms with Crippen molar-refractivity contribution in [1.82, 2.24) is 0 Å². The molecule has 2 atom stereocenters. The predicted octanol–water partition coefficient (Wildman–Crippen LogP) is 6.58. The van der Waals surface area contributed by atoms with Gasteiger partial charge >= 0.3 is 11.9 Å². The number of aliphatic carboxylic acids is 2. The minimum atomic E-state index is -1.92. The third-order valence-electron chi connectivity index (χ3n) is 6.89. The molecule has 31 heavy (non-hydrogen) atoms. The highest BCUT2D eigenvalue weighted by Crippen LogP contribution is 2.47. The van der Waals surface area contributed by atoms with Crippen LogP contribution in [0.1, 0.15) is 105 Å². The number of carbonyl (C=O) groups is 2. The normalized spacial score (nSPS) is 14.8. The van der Waals surface area contributed by atoms with E-state index in [2.05, 4.69) is 20.8 Å². The minimum absolute atomic E-state index is 0.0421. The topological polar surface area (TPSA) is 94.8 Å². The molecule has 3 N–H and O–H groups in total. The summed E-state index contributed by atoms with van der Waals surface area (Å²) in [5.41, 5.74) is -0.949. The number of phenols is 1. The number of benzene rings is 1. The highest BCUT2D eigenvalue weighted by atomic mass is 16.4. The summed E-state index contributed by atoms with van der Waals surface area (Å²) in [6.45, 7) is 16.2. The number of phenolic OH excluding ortho intramolecular Hbond substituents is 1. The lowest BCUT2D eigenvalue weighted by atomic mass is 9.64. The van der Waals surface area contributed by atoms with E-state index in [0.717, 1.165) is 12.8 Å². The summed E-state index contributed by atoms with van der Waals surface area (Å²) < 4.78 is 0. The maximum atomic E-state index is 12.6. The molecule has 0 heterocycles. The molecule has 0 aliphatic rings. The maximum absolute atomic E-state index is 12.6. The molecule has 0 aliphatic heterocycles. The molecule has 0 fully saturated rings. The van der Waals surface area contributed by atoms with Crippen molar-refractivity contribution in [2.24, 2.45) is 16.7 Å². The van der Waals surface area contributed by atoms with Crippen molar-refractivity contribution in [1.29, 1.82) is 0 Å². The number of aromatic hydroxyl groups is 1. The van der Waals surface area contributed by atoms with Crippen LogP contribution in [0, 0.1) is 16.7 Å². The first-order valence-corrected chi connectivity index (χ1v) is 11.4. The SMILES string of the molecule is CCCCC(c1ccc(O)c(C(C)(C)C)c1)C(CCC(C)C(C)(C)C)(C(=O)O)C(=O)O. The monoisotopic (exact) mass is 434 g/mol. The average molecular weight is 435 g/mol. The molecule has 5 nitrogen and oxygen atoms in total. The maximum Gasteiger partial charge on any atom is 0.321 e. The van der Waals surface area contributed by atoms with Gasteiger partial charge in [-0.15, -0.1) is 0 Å². The first-order chi connectivity index (χ1) is 14.1. The Kier molecular flexibility index (Phi) is 8.75. The van der Waals surface area contributed by atoms with Gasteiger partial charge in [0.25, 0.3) is 0 Å². The van der Waals surface area contributed by atoms with E-state index in [-0.39, 0.29) is 28.9 Å². The zero-order chi connectivity index (χ0) is 24.2. The lowest BCUT2D eigenvalue weighted by Crippen LogP contribution is -2.45.